The van der Waals surface area contributed by atoms with Gasteiger partial charge in [0.2, 0.25) is 5.16 Å². The maximum Gasteiger partial charge on any atom is 0.253 e. The number of nitrogens with zero attached hydrogens (tertiary/aromatic N) is 4. The van der Waals surface area contributed by atoms with Crippen LogP contribution in [0.3, 0.4) is 0 Å². The second-order valence-electron chi connectivity index (χ2n) is 6.96. The van der Waals surface area contributed by atoms with E-state index in [0.29, 0.717) is 22.9 Å². The number of hydrogen-bond acceptors (Lipinski definition) is 5. The first kappa shape index (κ1) is 15.3. The van der Waals surface area contributed by atoms with Crippen molar-refractivity contribution in [1.82, 2.24) is 19.6 Å². The highest BCUT2D eigenvalue weighted by molar-refractivity contribution is 7.98. The van der Waals surface area contributed by atoms with Crippen LogP contribution in [0.2, 0.25) is 0 Å². The van der Waals surface area contributed by atoms with Crippen molar-refractivity contribution in [3.63, 3.8) is 0 Å². The normalized spacial score (nSPS) is 16.3. The molecule has 1 aliphatic rings. The van der Waals surface area contributed by atoms with Crippen LogP contribution in [0.25, 0.3) is 5.78 Å². The van der Waals surface area contributed by atoms with E-state index in [0.717, 1.165) is 17.9 Å². The minimum atomic E-state index is -0.0413. The molecular weight excluding hydrogens is 320 g/mol. The first-order chi connectivity index (χ1) is 11.5. The lowest BCUT2D eigenvalue weighted by molar-refractivity contribution is 0.0909. The summed E-state index contributed by atoms with van der Waals surface area (Å²) in [5.41, 5.74) is 2.72. The van der Waals surface area contributed by atoms with Crippen LogP contribution in [-0.4, -0.2) is 25.4 Å². The highest BCUT2D eigenvalue weighted by Crippen LogP contribution is 2.33. The topological polar surface area (TPSA) is 60.2 Å². The summed E-state index contributed by atoms with van der Waals surface area (Å²) < 4.78 is 1.63. The average Bonchev–Trinajstić information content (AvgIpc) is 2.93. The van der Waals surface area contributed by atoms with E-state index in [-0.39, 0.29) is 11.2 Å². The third-order valence-electron chi connectivity index (χ3n) is 4.19. The number of Topliss-reactive ketones (excluding diaryl/α,β-unsaturated/α-hetero) is 1. The molecule has 0 atom stereocenters. The lowest BCUT2D eigenvalue weighted by Gasteiger charge is -2.28. The van der Waals surface area contributed by atoms with Crippen molar-refractivity contribution >= 4 is 23.3 Å². The van der Waals surface area contributed by atoms with E-state index in [1.165, 1.54) is 5.56 Å². The Morgan fingerprint density at radius 3 is 2.75 bits per heavy atom. The van der Waals surface area contributed by atoms with Gasteiger partial charge in [0.25, 0.3) is 5.78 Å². The number of hydrogen-bond donors (Lipinski definition) is 0. The van der Waals surface area contributed by atoms with Crippen molar-refractivity contribution in [3.05, 3.63) is 53.3 Å². The molecular formula is C18H18N4OS. The monoisotopic (exact) mass is 338 g/mol. The van der Waals surface area contributed by atoms with Gasteiger partial charge >= 0.3 is 0 Å². The fourth-order valence-electron chi connectivity index (χ4n) is 3.03. The summed E-state index contributed by atoms with van der Waals surface area (Å²) in [6.07, 6.45) is 3.14. The zero-order chi connectivity index (χ0) is 16.7. The highest BCUT2D eigenvalue weighted by atomic mass is 32.2. The third-order valence-corrected chi connectivity index (χ3v) is 5.10. The molecule has 0 fully saturated rings. The Hall–Kier alpha value is -2.21. The molecule has 0 N–H and O–H groups in total. The summed E-state index contributed by atoms with van der Waals surface area (Å²) in [6, 6.07) is 10.2. The van der Waals surface area contributed by atoms with Gasteiger partial charge in [0.05, 0.1) is 11.3 Å². The molecule has 3 aromatic rings. The van der Waals surface area contributed by atoms with Gasteiger partial charge in [0.1, 0.15) is 0 Å². The highest BCUT2D eigenvalue weighted by Gasteiger charge is 2.32. The number of ketones is 1. The standard InChI is InChI=1S/C18H18N4OS/c1-18(2)8-14-13(15(23)9-18)10-22-16(19-14)20-17(21-22)24-11-12-6-4-3-5-7-12/h3-7,10H,8-9,11H2,1-2H3. The van der Waals surface area contributed by atoms with Crippen molar-refractivity contribution in [2.24, 2.45) is 5.41 Å². The van der Waals surface area contributed by atoms with Gasteiger partial charge in [-0.1, -0.05) is 55.9 Å². The van der Waals surface area contributed by atoms with Gasteiger partial charge < -0.3 is 0 Å². The summed E-state index contributed by atoms with van der Waals surface area (Å²) in [4.78, 5) is 21.4. The molecule has 6 heteroatoms. The summed E-state index contributed by atoms with van der Waals surface area (Å²) in [5, 5.41) is 5.14. The molecule has 1 aliphatic carbocycles. The number of fused-ring (bicyclic) bond motifs is 2. The Kier molecular flexibility index (Phi) is 3.64. The van der Waals surface area contributed by atoms with E-state index in [1.807, 2.05) is 18.2 Å². The number of carbonyl (C=O) groups is 1. The SMILES string of the molecule is CC1(C)CC(=O)c2cn3nc(SCc4ccccc4)nc3nc2C1. The molecule has 0 bridgehead atoms. The molecule has 4 rings (SSSR count). The van der Waals surface area contributed by atoms with Gasteiger partial charge in [-0.3, -0.25) is 4.79 Å². The Balaban J connectivity index is 1.63. The Morgan fingerprint density at radius 1 is 1.17 bits per heavy atom. The maximum absolute atomic E-state index is 12.4. The Morgan fingerprint density at radius 2 is 1.96 bits per heavy atom. The summed E-state index contributed by atoms with van der Waals surface area (Å²) in [6.45, 7) is 4.20. The summed E-state index contributed by atoms with van der Waals surface area (Å²) >= 11 is 1.57. The number of rotatable bonds is 3. The molecule has 0 unspecified atom stereocenters. The molecule has 0 spiro atoms. The first-order valence-corrected chi connectivity index (χ1v) is 8.95. The van der Waals surface area contributed by atoms with Crippen molar-refractivity contribution in [1.29, 1.82) is 0 Å². The number of benzene rings is 1. The van der Waals surface area contributed by atoms with E-state index < -0.39 is 0 Å². The van der Waals surface area contributed by atoms with Gasteiger partial charge in [0.15, 0.2) is 5.78 Å². The quantitative estimate of drug-likeness (QED) is 0.683. The molecule has 1 aromatic carbocycles. The lowest BCUT2D eigenvalue weighted by atomic mass is 9.76. The Bertz CT molecular complexity index is 917. The van der Waals surface area contributed by atoms with E-state index in [2.05, 4.69) is 41.0 Å². The summed E-state index contributed by atoms with van der Waals surface area (Å²) in [7, 11) is 0. The largest absolute Gasteiger partial charge is 0.294 e. The van der Waals surface area contributed by atoms with Gasteiger partial charge in [-0.2, -0.15) is 4.98 Å². The number of aromatic nitrogens is 4. The van der Waals surface area contributed by atoms with Crippen LogP contribution in [0.1, 0.15) is 41.9 Å². The second kappa shape index (κ2) is 5.70. The number of thioether (sulfide) groups is 1. The lowest BCUT2D eigenvalue weighted by Crippen LogP contribution is -2.28. The van der Waals surface area contributed by atoms with E-state index >= 15 is 0 Å². The fourth-order valence-corrected chi connectivity index (χ4v) is 3.81. The van der Waals surface area contributed by atoms with Crippen LogP contribution in [0.5, 0.6) is 0 Å². The van der Waals surface area contributed by atoms with Gasteiger partial charge in [0, 0.05) is 18.4 Å². The molecule has 24 heavy (non-hydrogen) atoms. The van der Waals surface area contributed by atoms with Crippen molar-refractivity contribution in [3.8, 4) is 0 Å². The molecule has 0 saturated carbocycles. The van der Waals surface area contributed by atoms with Crippen LogP contribution in [-0.2, 0) is 12.2 Å². The smallest absolute Gasteiger partial charge is 0.253 e. The van der Waals surface area contributed by atoms with Crippen molar-refractivity contribution in [2.45, 2.75) is 37.6 Å². The zero-order valence-electron chi connectivity index (χ0n) is 13.7. The second-order valence-corrected chi connectivity index (χ2v) is 7.90. The molecule has 2 aromatic heterocycles. The molecule has 0 amide bonds. The van der Waals surface area contributed by atoms with E-state index in [4.69, 9.17) is 0 Å². The third kappa shape index (κ3) is 2.94. The predicted octanol–water partition coefficient (Wildman–Crippen LogP) is 3.57. The van der Waals surface area contributed by atoms with Crippen molar-refractivity contribution in [2.75, 3.05) is 0 Å². The molecule has 5 nitrogen and oxygen atoms in total. The zero-order valence-corrected chi connectivity index (χ0v) is 14.5. The Labute approximate surface area is 144 Å². The van der Waals surface area contributed by atoms with Crippen LogP contribution in [0, 0.1) is 5.41 Å². The first-order valence-electron chi connectivity index (χ1n) is 7.96. The molecule has 0 saturated heterocycles. The molecule has 0 aliphatic heterocycles. The molecule has 122 valence electrons. The van der Waals surface area contributed by atoms with Crippen molar-refractivity contribution < 1.29 is 4.79 Å². The van der Waals surface area contributed by atoms with Gasteiger partial charge in [-0.25, -0.2) is 9.50 Å². The van der Waals surface area contributed by atoms with Gasteiger partial charge in [-0.05, 0) is 17.4 Å². The molecule has 0 radical (unpaired) electrons. The van der Waals surface area contributed by atoms with Crippen LogP contribution >= 0.6 is 11.8 Å². The fraction of sp³-hybridized carbons (Fsp3) is 0.333. The molecule has 2 heterocycles. The predicted molar refractivity (Wildman–Crippen MR) is 93.2 cm³/mol. The van der Waals surface area contributed by atoms with Crippen LogP contribution < -0.4 is 0 Å². The van der Waals surface area contributed by atoms with E-state index in [1.54, 1.807) is 22.5 Å². The average molecular weight is 338 g/mol. The van der Waals surface area contributed by atoms with Gasteiger partial charge in [-0.15, -0.1) is 5.10 Å². The van der Waals surface area contributed by atoms with Crippen LogP contribution in [0.15, 0.2) is 41.7 Å². The minimum Gasteiger partial charge on any atom is -0.294 e. The maximum atomic E-state index is 12.4. The van der Waals surface area contributed by atoms with E-state index in [9.17, 15) is 4.79 Å². The minimum absolute atomic E-state index is 0.0413. The number of carbonyl (C=O) groups excluding carboxylic acids is 1. The van der Waals surface area contributed by atoms with Crippen LogP contribution in [0.4, 0.5) is 0 Å². The summed E-state index contributed by atoms with van der Waals surface area (Å²) in [5.74, 6) is 1.52.